The van der Waals surface area contributed by atoms with E-state index in [-0.39, 0.29) is 18.4 Å². The normalized spacial score (nSPS) is 13.4. The molecule has 0 saturated carbocycles. The van der Waals surface area contributed by atoms with Gasteiger partial charge in [-0.3, -0.25) is 9.59 Å². The minimum absolute atomic E-state index is 0.00830. The topological polar surface area (TPSA) is 58.6 Å². The molecule has 1 aliphatic rings. The van der Waals surface area contributed by atoms with Gasteiger partial charge < -0.3 is 15.0 Å². The molecule has 2 aromatic rings. The molecule has 0 spiro atoms. The number of rotatable bonds is 5. The minimum atomic E-state index is -0.161. The number of nitrogens with one attached hydrogen (secondary N) is 1. The van der Waals surface area contributed by atoms with Gasteiger partial charge in [0, 0.05) is 25.7 Å². The molecule has 0 radical (unpaired) electrons. The van der Waals surface area contributed by atoms with E-state index in [0.29, 0.717) is 18.7 Å². The summed E-state index contributed by atoms with van der Waals surface area (Å²) in [7, 11) is 1.80. The van der Waals surface area contributed by atoms with Gasteiger partial charge in [-0.05, 0) is 48.2 Å². The van der Waals surface area contributed by atoms with Crippen molar-refractivity contribution in [3.63, 3.8) is 0 Å². The average Bonchev–Trinajstić information content (AvgIpc) is 2.61. The molecule has 1 N–H and O–H groups in total. The number of aryl methyl sites for hydroxylation is 2. The second-order valence-corrected chi connectivity index (χ2v) is 6.30. The largest absolute Gasteiger partial charge is 0.484 e. The third-order valence-electron chi connectivity index (χ3n) is 4.34. The summed E-state index contributed by atoms with van der Waals surface area (Å²) in [5.41, 5.74) is 4.21. The van der Waals surface area contributed by atoms with Crippen LogP contribution in [0.3, 0.4) is 0 Å². The van der Waals surface area contributed by atoms with Crippen molar-refractivity contribution in [3.05, 3.63) is 59.2 Å². The Kier molecular flexibility index (Phi) is 5.03. The number of hydrogen-bond acceptors (Lipinski definition) is 3. The Bertz CT molecular complexity index is 801. The molecule has 1 heterocycles. The first-order valence-electron chi connectivity index (χ1n) is 8.37. The standard InChI is InChI=1S/C20H22N2O3/c1-14-4-3-5-17(10-14)25-13-19(23)21-12-15-6-8-18-16(11-15)7-9-20(24)22(18)2/h3-6,8,10-11H,7,9,12-13H2,1-2H3,(H,21,23). The molecule has 130 valence electrons. The van der Waals surface area contributed by atoms with Gasteiger partial charge in [0.15, 0.2) is 6.61 Å². The molecule has 3 rings (SSSR count). The first kappa shape index (κ1) is 17.0. The molecular formula is C20H22N2O3. The van der Waals surface area contributed by atoms with Gasteiger partial charge in [-0.15, -0.1) is 0 Å². The number of amides is 2. The summed E-state index contributed by atoms with van der Waals surface area (Å²) in [6.45, 7) is 2.42. The Hall–Kier alpha value is -2.82. The summed E-state index contributed by atoms with van der Waals surface area (Å²) in [4.78, 5) is 25.4. The van der Waals surface area contributed by atoms with Crippen LogP contribution in [-0.2, 0) is 22.6 Å². The highest BCUT2D eigenvalue weighted by molar-refractivity contribution is 5.95. The fraction of sp³-hybridized carbons (Fsp3) is 0.300. The summed E-state index contributed by atoms with van der Waals surface area (Å²) in [5, 5.41) is 2.87. The fourth-order valence-electron chi connectivity index (χ4n) is 2.93. The highest BCUT2D eigenvalue weighted by Gasteiger charge is 2.20. The van der Waals surface area contributed by atoms with E-state index in [2.05, 4.69) is 11.4 Å². The van der Waals surface area contributed by atoms with E-state index in [1.165, 1.54) is 0 Å². The van der Waals surface area contributed by atoms with Crippen LogP contribution in [0.1, 0.15) is 23.1 Å². The highest BCUT2D eigenvalue weighted by atomic mass is 16.5. The molecule has 5 nitrogen and oxygen atoms in total. The van der Waals surface area contributed by atoms with Gasteiger partial charge in [0.05, 0.1) is 0 Å². The average molecular weight is 338 g/mol. The van der Waals surface area contributed by atoms with Crippen LogP contribution in [0.25, 0.3) is 0 Å². The van der Waals surface area contributed by atoms with Crippen molar-refractivity contribution in [3.8, 4) is 5.75 Å². The number of benzene rings is 2. The maximum atomic E-state index is 12.0. The van der Waals surface area contributed by atoms with Gasteiger partial charge in [-0.2, -0.15) is 0 Å². The van der Waals surface area contributed by atoms with E-state index in [4.69, 9.17) is 4.74 Å². The Labute approximate surface area is 147 Å². The lowest BCUT2D eigenvalue weighted by molar-refractivity contribution is -0.123. The molecule has 0 aromatic heterocycles. The molecule has 5 heteroatoms. The Balaban J connectivity index is 1.53. The molecule has 0 aliphatic carbocycles. The SMILES string of the molecule is Cc1cccc(OCC(=O)NCc2ccc3c(c2)CCC(=O)N3C)c1. The maximum Gasteiger partial charge on any atom is 0.258 e. The van der Waals surface area contributed by atoms with Crippen molar-refractivity contribution >= 4 is 17.5 Å². The minimum Gasteiger partial charge on any atom is -0.484 e. The fourth-order valence-corrected chi connectivity index (χ4v) is 2.93. The summed E-state index contributed by atoms with van der Waals surface area (Å²) in [5.74, 6) is 0.671. The Morgan fingerprint density at radius 2 is 2.04 bits per heavy atom. The van der Waals surface area contributed by atoms with Gasteiger partial charge >= 0.3 is 0 Å². The van der Waals surface area contributed by atoms with E-state index in [1.807, 2.05) is 43.3 Å². The first-order valence-corrected chi connectivity index (χ1v) is 8.37. The summed E-state index contributed by atoms with van der Waals surface area (Å²) in [6.07, 6.45) is 1.28. The monoisotopic (exact) mass is 338 g/mol. The number of hydrogen-bond donors (Lipinski definition) is 1. The smallest absolute Gasteiger partial charge is 0.258 e. The third kappa shape index (κ3) is 4.18. The molecular weight excluding hydrogens is 316 g/mol. The zero-order valence-electron chi connectivity index (χ0n) is 14.5. The lowest BCUT2D eigenvalue weighted by atomic mass is 9.99. The molecule has 0 unspecified atom stereocenters. The van der Waals surface area contributed by atoms with Gasteiger partial charge in [-0.25, -0.2) is 0 Å². The van der Waals surface area contributed by atoms with Gasteiger partial charge in [0.1, 0.15) is 5.75 Å². The second-order valence-electron chi connectivity index (χ2n) is 6.30. The summed E-state index contributed by atoms with van der Waals surface area (Å²) in [6, 6.07) is 13.5. The summed E-state index contributed by atoms with van der Waals surface area (Å²) < 4.78 is 5.50. The van der Waals surface area contributed by atoms with E-state index in [0.717, 1.165) is 28.8 Å². The van der Waals surface area contributed by atoms with Crippen LogP contribution in [0.5, 0.6) is 5.75 Å². The first-order chi connectivity index (χ1) is 12.0. The highest BCUT2D eigenvalue weighted by Crippen LogP contribution is 2.27. The number of ether oxygens (including phenoxy) is 1. The van der Waals surface area contributed by atoms with Crippen molar-refractivity contribution in [1.82, 2.24) is 5.32 Å². The van der Waals surface area contributed by atoms with Gasteiger partial charge in [0.2, 0.25) is 5.91 Å². The molecule has 2 amide bonds. The van der Waals surface area contributed by atoms with Crippen LogP contribution in [0.4, 0.5) is 5.69 Å². The van der Waals surface area contributed by atoms with Crippen LogP contribution in [0.15, 0.2) is 42.5 Å². The molecule has 0 saturated heterocycles. The van der Waals surface area contributed by atoms with Crippen LogP contribution in [0, 0.1) is 6.92 Å². The van der Waals surface area contributed by atoms with Crippen molar-refractivity contribution in [1.29, 1.82) is 0 Å². The van der Waals surface area contributed by atoms with Crippen molar-refractivity contribution in [2.75, 3.05) is 18.6 Å². The predicted octanol–water partition coefficient (Wildman–Crippen LogP) is 2.60. The van der Waals surface area contributed by atoms with Crippen molar-refractivity contribution in [2.45, 2.75) is 26.3 Å². The molecule has 25 heavy (non-hydrogen) atoms. The Morgan fingerprint density at radius 1 is 1.20 bits per heavy atom. The molecule has 2 aromatic carbocycles. The van der Waals surface area contributed by atoms with Crippen LogP contribution in [-0.4, -0.2) is 25.5 Å². The number of carbonyl (C=O) groups excluding carboxylic acids is 2. The molecule has 1 aliphatic heterocycles. The summed E-state index contributed by atoms with van der Waals surface area (Å²) >= 11 is 0. The third-order valence-corrected chi connectivity index (χ3v) is 4.34. The van der Waals surface area contributed by atoms with Crippen molar-refractivity contribution in [2.24, 2.45) is 0 Å². The molecule has 0 fully saturated rings. The zero-order chi connectivity index (χ0) is 17.8. The maximum absolute atomic E-state index is 12.0. The van der Waals surface area contributed by atoms with E-state index >= 15 is 0 Å². The van der Waals surface area contributed by atoms with Crippen LogP contribution in [0.2, 0.25) is 0 Å². The number of anilines is 1. The number of fused-ring (bicyclic) bond motifs is 1. The molecule has 0 atom stereocenters. The van der Waals surface area contributed by atoms with Crippen molar-refractivity contribution < 1.29 is 14.3 Å². The number of nitrogens with zero attached hydrogens (tertiary/aromatic N) is 1. The van der Waals surface area contributed by atoms with Gasteiger partial charge in [0.25, 0.3) is 5.91 Å². The van der Waals surface area contributed by atoms with Gasteiger partial charge in [-0.1, -0.05) is 24.3 Å². The Morgan fingerprint density at radius 3 is 2.84 bits per heavy atom. The zero-order valence-corrected chi connectivity index (χ0v) is 14.5. The number of carbonyl (C=O) groups is 2. The lowest BCUT2D eigenvalue weighted by Crippen LogP contribution is -2.31. The van der Waals surface area contributed by atoms with E-state index in [9.17, 15) is 9.59 Å². The van der Waals surface area contributed by atoms with Crippen LogP contribution < -0.4 is 15.0 Å². The molecule has 0 bridgehead atoms. The van der Waals surface area contributed by atoms with E-state index < -0.39 is 0 Å². The second kappa shape index (κ2) is 7.38. The quantitative estimate of drug-likeness (QED) is 0.912. The predicted molar refractivity (Wildman–Crippen MR) is 96.7 cm³/mol. The van der Waals surface area contributed by atoms with E-state index in [1.54, 1.807) is 11.9 Å². The lowest BCUT2D eigenvalue weighted by Gasteiger charge is -2.26. The van der Waals surface area contributed by atoms with Crippen LogP contribution >= 0.6 is 0 Å².